The van der Waals surface area contributed by atoms with Gasteiger partial charge in [-0.05, 0) is 17.5 Å². The second-order valence-corrected chi connectivity index (χ2v) is 6.76. The van der Waals surface area contributed by atoms with E-state index in [0.29, 0.717) is 5.25 Å². The lowest BCUT2D eigenvalue weighted by atomic mass is 10.0. The smallest absolute Gasteiger partial charge is 0.150 e. The summed E-state index contributed by atoms with van der Waals surface area (Å²) >= 11 is 3.41. The molecule has 0 aliphatic rings. The van der Waals surface area contributed by atoms with Gasteiger partial charge in [-0.3, -0.25) is 0 Å². The molecule has 1 heterocycles. The molecule has 96 valence electrons. The molecule has 0 spiro atoms. The van der Waals surface area contributed by atoms with E-state index in [9.17, 15) is 0 Å². The van der Waals surface area contributed by atoms with Gasteiger partial charge >= 0.3 is 0 Å². The highest BCUT2D eigenvalue weighted by Gasteiger charge is 2.17. The SMILES string of the molecule is CCc1ccc(C(N)C(C)Sc2nccs2)cc1. The fourth-order valence-electron chi connectivity index (χ4n) is 1.75. The third kappa shape index (κ3) is 3.34. The Balaban J connectivity index is 2.02. The van der Waals surface area contributed by atoms with E-state index in [2.05, 4.69) is 43.1 Å². The van der Waals surface area contributed by atoms with Gasteiger partial charge in [0.1, 0.15) is 4.34 Å². The molecular weight excluding hydrogens is 260 g/mol. The summed E-state index contributed by atoms with van der Waals surface area (Å²) in [7, 11) is 0. The number of thiazole rings is 1. The Morgan fingerprint density at radius 3 is 2.61 bits per heavy atom. The standard InChI is InChI=1S/C14H18N2S2/c1-3-11-4-6-12(7-5-11)13(15)10(2)18-14-16-8-9-17-14/h4-10,13H,3,15H2,1-2H3. The zero-order valence-corrected chi connectivity index (χ0v) is 12.3. The van der Waals surface area contributed by atoms with E-state index in [4.69, 9.17) is 5.73 Å². The second-order valence-electron chi connectivity index (χ2n) is 4.24. The predicted octanol–water partition coefficient (Wildman–Crippen LogP) is 3.89. The van der Waals surface area contributed by atoms with Gasteiger partial charge in [-0.15, -0.1) is 11.3 Å². The topological polar surface area (TPSA) is 38.9 Å². The van der Waals surface area contributed by atoms with Crippen LogP contribution < -0.4 is 5.73 Å². The average Bonchev–Trinajstić information content (AvgIpc) is 2.91. The molecule has 2 unspecified atom stereocenters. The largest absolute Gasteiger partial charge is 0.323 e. The van der Waals surface area contributed by atoms with Crippen LogP contribution in [0.3, 0.4) is 0 Å². The van der Waals surface area contributed by atoms with Gasteiger partial charge in [-0.2, -0.15) is 0 Å². The minimum Gasteiger partial charge on any atom is -0.323 e. The Bertz CT molecular complexity index is 465. The van der Waals surface area contributed by atoms with Crippen LogP contribution in [0.1, 0.15) is 31.0 Å². The van der Waals surface area contributed by atoms with E-state index in [-0.39, 0.29) is 6.04 Å². The van der Waals surface area contributed by atoms with Gasteiger partial charge in [0.15, 0.2) is 0 Å². The summed E-state index contributed by atoms with van der Waals surface area (Å²) < 4.78 is 1.09. The number of nitrogens with zero attached hydrogens (tertiary/aromatic N) is 1. The minimum atomic E-state index is 0.0461. The molecule has 0 saturated heterocycles. The van der Waals surface area contributed by atoms with Crippen molar-refractivity contribution in [1.82, 2.24) is 4.98 Å². The van der Waals surface area contributed by atoms with Crippen LogP contribution in [0, 0.1) is 0 Å². The molecule has 2 nitrogen and oxygen atoms in total. The molecule has 2 atom stereocenters. The quantitative estimate of drug-likeness (QED) is 0.843. The van der Waals surface area contributed by atoms with Crippen LogP contribution in [0.5, 0.6) is 0 Å². The first-order valence-corrected chi connectivity index (χ1v) is 7.87. The molecule has 2 aromatic rings. The maximum atomic E-state index is 6.30. The minimum absolute atomic E-state index is 0.0461. The Hall–Kier alpha value is -0.840. The fourth-order valence-corrected chi connectivity index (χ4v) is 3.70. The number of hydrogen-bond donors (Lipinski definition) is 1. The number of hydrogen-bond acceptors (Lipinski definition) is 4. The van der Waals surface area contributed by atoms with Gasteiger partial charge in [-0.25, -0.2) is 4.98 Å². The number of rotatable bonds is 5. The molecule has 18 heavy (non-hydrogen) atoms. The Kier molecular flexibility index (Phi) is 4.80. The molecular formula is C14H18N2S2. The van der Waals surface area contributed by atoms with Gasteiger partial charge in [0.2, 0.25) is 0 Å². The number of thioether (sulfide) groups is 1. The first-order valence-electron chi connectivity index (χ1n) is 6.11. The van der Waals surface area contributed by atoms with Crippen molar-refractivity contribution < 1.29 is 0 Å². The van der Waals surface area contributed by atoms with Gasteiger partial charge < -0.3 is 5.73 Å². The highest BCUT2D eigenvalue weighted by molar-refractivity contribution is 8.01. The maximum Gasteiger partial charge on any atom is 0.150 e. The number of nitrogens with two attached hydrogens (primary N) is 1. The monoisotopic (exact) mass is 278 g/mol. The van der Waals surface area contributed by atoms with Gasteiger partial charge in [0, 0.05) is 22.9 Å². The van der Waals surface area contributed by atoms with Crippen LogP contribution in [0.4, 0.5) is 0 Å². The van der Waals surface area contributed by atoms with Crippen molar-refractivity contribution in [1.29, 1.82) is 0 Å². The summed E-state index contributed by atoms with van der Waals surface area (Å²) in [4.78, 5) is 4.29. The predicted molar refractivity (Wildman–Crippen MR) is 80.2 cm³/mol. The summed E-state index contributed by atoms with van der Waals surface area (Å²) in [5, 5.41) is 2.32. The van der Waals surface area contributed by atoms with Gasteiger partial charge in [-0.1, -0.05) is 49.9 Å². The second kappa shape index (κ2) is 6.36. The van der Waals surface area contributed by atoms with Crippen LogP contribution in [-0.4, -0.2) is 10.2 Å². The van der Waals surface area contributed by atoms with Crippen LogP contribution >= 0.6 is 23.1 Å². The molecule has 0 bridgehead atoms. The Labute approximate surface area is 117 Å². The molecule has 1 aromatic carbocycles. The molecule has 2 N–H and O–H groups in total. The fraction of sp³-hybridized carbons (Fsp3) is 0.357. The van der Waals surface area contributed by atoms with E-state index in [1.54, 1.807) is 23.1 Å². The van der Waals surface area contributed by atoms with E-state index in [1.807, 2.05) is 11.6 Å². The highest BCUT2D eigenvalue weighted by atomic mass is 32.2. The summed E-state index contributed by atoms with van der Waals surface area (Å²) in [5.41, 5.74) is 8.85. The number of benzene rings is 1. The maximum absolute atomic E-state index is 6.30. The van der Waals surface area contributed by atoms with Crippen molar-refractivity contribution in [2.45, 2.75) is 35.9 Å². The van der Waals surface area contributed by atoms with E-state index >= 15 is 0 Å². The lowest BCUT2D eigenvalue weighted by Crippen LogP contribution is -2.20. The average molecular weight is 278 g/mol. The van der Waals surface area contributed by atoms with Crippen molar-refractivity contribution in [3.63, 3.8) is 0 Å². The summed E-state index contributed by atoms with van der Waals surface area (Å²) in [6.45, 7) is 4.32. The first-order chi connectivity index (χ1) is 8.70. The van der Waals surface area contributed by atoms with Crippen molar-refractivity contribution >= 4 is 23.1 Å². The van der Waals surface area contributed by atoms with E-state index in [0.717, 1.165) is 10.8 Å². The number of aryl methyl sites for hydroxylation is 1. The van der Waals surface area contributed by atoms with E-state index < -0.39 is 0 Å². The van der Waals surface area contributed by atoms with Gasteiger partial charge in [0.05, 0.1) is 0 Å². The van der Waals surface area contributed by atoms with Crippen LogP contribution in [0.2, 0.25) is 0 Å². The van der Waals surface area contributed by atoms with Crippen LogP contribution in [0.25, 0.3) is 0 Å². The Morgan fingerprint density at radius 1 is 1.33 bits per heavy atom. The molecule has 0 aliphatic carbocycles. The van der Waals surface area contributed by atoms with Crippen molar-refractivity contribution in [3.8, 4) is 0 Å². The highest BCUT2D eigenvalue weighted by Crippen LogP contribution is 2.31. The zero-order valence-electron chi connectivity index (χ0n) is 10.7. The van der Waals surface area contributed by atoms with Crippen molar-refractivity contribution in [3.05, 3.63) is 47.0 Å². The van der Waals surface area contributed by atoms with Crippen molar-refractivity contribution in [2.75, 3.05) is 0 Å². The summed E-state index contributed by atoms with van der Waals surface area (Å²) in [5.74, 6) is 0. The Morgan fingerprint density at radius 2 is 2.06 bits per heavy atom. The first kappa shape index (κ1) is 13.6. The molecule has 0 amide bonds. The summed E-state index contributed by atoms with van der Waals surface area (Å²) in [6.07, 6.45) is 2.90. The normalized spacial score (nSPS) is 14.4. The zero-order chi connectivity index (χ0) is 13.0. The molecule has 1 aromatic heterocycles. The number of aromatic nitrogens is 1. The van der Waals surface area contributed by atoms with Crippen LogP contribution in [0.15, 0.2) is 40.2 Å². The van der Waals surface area contributed by atoms with Crippen molar-refractivity contribution in [2.24, 2.45) is 5.73 Å². The molecule has 0 radical (unpaired) electrons. The van der Waals surface area contributed by atoms with Gasteiger partial charge in [0.25, 0.3) is 0 Å². The van der Waals surface area contributed by atoms with Crippen LogP contribution in [-0.2, 0) is 6.42 Å². The third-order valence-electron chi connectivity index (χ3n) is 2.97. The third-order valence-corrected chi connectivity index (χ3v) is 5.09. The molecule has 2 rings (SSSR count). The lowest BCUT2D eigenvalue weighted by Gasteiger charge is -2.19. The lowest BCUT2D eigenvalue weighted by molar-refractivity contribution is 0.714. The van der Waals surface area contributed by atoms with E-state index in [1.165, 1.54) is 11.1 Å². The molecule has 0 fully saturated rings. The molecule has 0 saturated carbocycles. The molecule has 0 aliphatic heterocycles. The molecule has 4 heteroatoms. The summed E-state index contributed by atoms with van der Waals surface area (Å²) in [6, 6.07) is 8.65.